The van der Waals surface area contributed by atoms with Gasteiger partial charge in [-0.1, -0.05) is 246 Å². The molecule has 0 aromatic carbocycles. The third-order valence-corrected chi connectivity index (χ3v) is 12.1. The molecule has 0 amide bonds. The van der Waals surface area contributed by atoms with Crippen molar-refractivity contribution >= 4 is 11.9 Å². The minimum atomic E-state index is -0.428. The van der Waals surface area contributed by atoms with E-state index in [-0.39, 0.29) is 25.2 Å². The molecule has 0 aliphatic carbocycles. The molecule has 0 rings (SSSR count). The molecule has 0 spiro atoms. The van der Waals surface area contributed by atoms with Crippen molar-refractivity contribution in [2.45, 2.75) is 271 Å². The molecule has 0 aliphatic heterocycles. The van der Waals surface area contributed by atoms with Crippen molar-refractivity contribution in [2.24, 2.45) is 0 Å². The van der Waals surface area contributed by atoms with Gasteiger partial charge in [0.15, 0.2) is 0 Å². The summed E-state index contributed by atoms with van der Waals surface area (Å²) in [4.78, 5) is 25.3. The van der Waals surface area contributed by atoms with Crippen LogP contribution in [0.1, 0.15) is 265 Å². The molecular formula is C63H108O5. The number of hydrogen-bond donors (Lipinski definition) is 0. The van der Waals surface area contributed by atoms with Crippen molar-refractivity contribution in [3.8, 4) is 0 Å². The van der Waals surface area contributed by atoms with Crippen molar-refractivity contribution in [3.63, 3.8) is 0 Å². The van der Waals surface area contributed by atoms with E-state index in [1.54, 1.807) is 0 Å². The monoisotopic (exact) mass is 945 g/mol. The first-order valence-corrected chi connectivity index (χ1v) is 28.8. The maximum absolute atomic E-state index is 12.7. The summed E-state index contributed by atoms with van der Waals surface area (Å²) >= 11 is 0. The van der Waals surface area contributed by atoms with Crippen LogP contribution >= 0.6 is 0 Å². The van der Waals surface area contributed by atoms with Crippen LogP contribution in [-0.2, 0) is 23.8 Å². The Morgan fingerprint density at radius 3 is 0.985 bits per heavy atom. The highest BCUT2D eigenvalue weighted by Crippen LogP contribution is 2.15. The highest BCUT2D eigenvalue weighted by Gasteiger charge is 2.16. The molecule has 1 atom stereocenters. The van der Waals surface area contributed by atoms with E-state index in [0.717, 1.165) is 116 Å². The lowest BCUT2D eigenvalue weighted by Gasteiger charge is -2.18. The summed E-state index contributed by atoms with van der Waals surface area (Å²) in [6.45, 7) is 7.54. The maximum atomic E-state index is 12.7. The van der Waals surface area contributed by atoms with E-state index in [1.807, 2.05) is 0 Å². The number of allylic oxidation sites excluding steroid dienone is 16. The summed E-state index contributed by atoms with van der Waals surface area (Å²) in [6, 6.07) is 0. The minimum absolute atomic E-state index is 0.129. The molecule has 0 aromatic heterocycles. The summed E-state index contributed by atoms with van der Waals surface area (Å²) in [5, 5.41) is 0. The minimum Gasteiger partial charge on any atom is -0.463 e. The average molecular weight is 946 g/mol. The second-order valence-corrected chi connectivity index (χ2v) is 18.8. The van der Waals surface area contributed by atoms with E-state index < -0.39 is 6.10 Å². The molecule has 5 nitrogen and oxygen atoms in total. The summed E-state index contributed by atoms with van der Waals surface area (Å²) in [5.74, 6) is -0.393. The molecule has 0 saturated heterocycles. The predicted molar refractivity (Wildman–Crippen MR) is 297 cm³/mol. The van der Waals surface area contributed by atoms with Crippen LogP contribution in [0.2, 0.25) is 0 Å². The lowest BCUT2D eigenvalue weighted by molar-refractivity contribution is -0.155. The molecule has 5 heteroatoms. The fraction of sp³-hybridized carbons (Fsp3) is 0.714. The van der Waals surface area contributed by atoms with Gasteiger partial charge in [0.2, 0.25) is 0 Å². The summed E-state index contributed by atoms with van der Waals surface area (Å²) < 4.78 is 17.5. The number of ether oxygens (including phenoxy) is 3. The van der Waals surface area contributed by atoms with E-state index in [1.165, 1.54) is 116 Å². The number of esters is 2. The van der Waals surface area contributed by atoms with E-state index >= 15 is 0 Å². The van der Waals surface area contributed by atoms with Crippen molar-refractivity contribution in [1.82, 2.24) is 0 Å². The highest BCUT2D eigenvalue weighted by molar-refractivity contribution is 5.69. The van der Waals surface area contributed by atoms with Gasteiger partial charge in [0, 0.05) is 19.4 Å². The first-order chi connectivity index (χ1) is 33.6. The zero-order chi connectivity index (χ0) is 49.2. The number of hydrogen-bond acceptors (Lipinski definition) is 5. The van der Waals surface area contributed by atoms with Crippen LogP contribution in [0.15, 0.2) is 97.2 Å². The molecule has 0 fully saturated rings. The van der Waals surface area contributed by atoms with Crippen molar-refractivity contribution in [1.29, 1.82) is 0 Å². The molecule has 0 aromatic rings. The first-order valence-electron chi connectivity index (χ1n) is 28.8. The third kappa shape index (κ3) is 55.4. The molecule has 0 bridgehead atoms. The van der Waals surface area contributed by atoms with Gasteiger partial charge in [-0.2, -0.15) is 0 Å². The smallest absolute Gasteiger partial charge is 0.305 e. The standard InChI is InChI=1S/C63H108O5/c1-4-7-10-13-16-19-22-25-28-31-32-34-36-39-42-45-48-51-54-57-63(65)68-60-61(66-58-55-52-49-46-43-40-37-30-27-24-21-18-15-12-9-6-3)59-67-62(64)56-53-50-47-44-41-38-35-33-29-26-23-20-17-14-11-8-5-2/h8,11,16-17,19-20,25-26,28-29,32,34-35,38-39,42,61H,4-7,9-10,12-15,18,21-24,27,30-31,33,36-37,40-41,43-60H2,1-3H3/b11-8-,19-16-,20-17-,28-25-,29-26-,34-32-,38-35-,42-39-/t61-/m1/s1. The molecule has 0 unspecified atom stereocenters. The van der Waals surface area contributed by atoms with Crippen LogP contribution in [0.4, 0.5) is 0 Å². The summed E-state index contributed by atoms with van der Waals surface area (Å²) in [7, 11) is 0. The van der Waals surface area contributed by atoms with Gasteiger partial charge in [0.25, 0.3) is 0 Å². The van der Waals surface area contributed by atoms with Gasteiger partial charge >= 0.3 is 11.9 Å². The molecule has 0 heterocycles. The number of carbonyl (C=O) groups excluding carboxylic acids is 2. The Balaban J connectivity index is 4.37. The third-order valence-electron chi connectivity index (χ3n) is 12.1. The lowest BCUT2D eigenvalue weighted by atomic mass is 10.0. The Bertz CT molecular complexity index is 1300. The molecule has 68 heavy (non-hydrogen) atoms. The number of rotatable bonds is 52. The molecule has 390 valence electrons. The van der Waals surface area contributed by atoms with Crippen molar-refractivity contribution in [3.05, 3.63) is 97.2 Å². The normalized spacial score (nSPS) is 12.9. The van der Waals surface area contributed by atoms with Gasteiger partial charge in [0.05, 0.1) is 0 Å². The largest absolute Gasteiger partial charge is 0.463 e. The number of unbranched alkanes of at least 4 members (excludes halogenated alkanes) is 25. The van der Waals surface area contributed by atoms with Crippen LogP contribution in [0.5, 0.6) is 0 Å². The quantitative estimate of drug-likeness (QED) is 0.0345. The van der Waals surface area contributed by atoms with Gasteiger partial charge in [-0.3, -0.25) is 9.59 Å². The van der Waals surface area contributed by atoms with Crippen LogP contribution in [0, 0.1) is 0 Å². The zero-order valence-electron chi connectivity index (χ0n) is 44.8. The van der Waals surface area contributed by atoms with Gasteiger partial charge in [-0.25, -0.2) is 0 Å². The summed E-state index contributed by atoms with van der Waals surface area (Å²) in [6.07, 6.45) is 78.7. The highest BCUT2D eigenvalue weighted by atomic mass is 16.6. The number of carbonyl (C=O) groups is 2. The second-order valence-electron chi connectivity index (χ2n) is 18.8. The first kappa shape index (κ1) is 64.8. The van der Waals surface area contributed by atoms with E-state index in [2.05, 4.69) is 118 Å². The van der Waals surface area contributed by atoms with Crippen LogP contribution in [-0.4, -0.2) is 37.9 Å². The zero-order valence-corrected chi connectivity index (χ0v) is 44.8. The maximum Gasteiger partial charge on any atom is 0.305 e. The molecule has 0 saturated carbocycles. The van der Waals surface area contributed by atoms with Gasteiger partial charge in [0.1, 0.15) is 19.3 Å². The Hall–Kier alpha value is -3.18. The Morgan fingerprint density at radius 2 is 0.603 bits per heavy atom. The molecule has 0 aliphatic rings. The van der Waals surface area contributed by atoms with E-state index in [0.29, 0.717) is 19.4 Å². The van der Waals surface area contributed by atoms with Crippen molar-refractivity contribution < 1.29 is 23.8 Å². The Labute approximate surface area is 422 Å². The predicted octanol–water partition coefficient (Wildman–Crippen LogP) is 19.8. The fourth-order valence-electron chi connectivity index (χ4n) is 7.81. The SMILES string of the molecule is CC/C=C\C/C=C\C/C=C\C/C=C\CCCCCCC(=O)OC[C@H](COC(=O)CCCCC/C=C\C/C=C\C/C=C\C/C=C\CCCCC)OCCCCCCCCCCCCCCCCCC. The molecular weight excluding hydrogens is 837 g/mol. The van der Waals surface area contributed by atoms with Crippen LogP contribution < -0.4 is 0 Å². The Kier molecular flexibility index (Phi) is 55.4. The van der Waals surface area contributed by atoms with E-state index in [9.17, 15) is 9.59 Å². The van der Waals surface area contributed by atoms with Gasteiger partial charge in [-0.15, -0.1) is 0 Å². The Morgan fingerprint density at radius 1 is 0.324 bits per heavy atom. The molecule has 0 N–H and O–H groups in total. The van der Waals surface area contributed by atoms with Crippen molar-refractivity contribution in [2.75, 3.05) is 19.8 Å². The second kappa shape index (κ2) is 58.1. The van der Waals surface area contributed by atoms with E-state index in [4.69, 9.17) is 14.2 Å². The van der Waals surface area contributed by atoms with Crippen LogP contribution in [0.25, 0.3) is 0 Å². The van der Waals surface area contributed by atoms with Crippen LogP contribution in [0.3, 0.4) is 0 Å². The average Bonchev–Trinajstić information content (AvgIpc) is 3.34. The molecule has 0 radical (unpaired) electrons. The topological polar surface area (TPSA) is 61.8 Å². The fourth-order valence-corrected chi connectivity index (χ4v) is 7.81. The summed E-state index contributed by atoms with van der Waals surface area (Å²) in [5.41, 5.74) is 0. The lowest BCUT2D eigenvalue weighted by Crippen LogP contribution is -2.29. The van der Waals surface area contributed by atoms with Gasteiger partial charge < -0.3 is 14.2 Å². The van der Waals surface area contributed by atoms with Gasteiger partial charge in [-0.05, 0) is 103 Å².